The van der Waals surface area contributed by atoms with E-state index in [0.717, 1.165) is 25.2 Å². The van der Waals surface area contributed by atoms with Crippen LogP contribution in [0.15, 0.2) is 0 Å². The summed E-state index contributed by atoms with van der Waals surface area (Å²) in [7, 11) is 0. The maximum absolute atomic E-state index is 5.41. The molecule has 15 heavy (non-hydrogen) atoms. The first-order valence-electron chi connectivity index (χ1n) is 6.68. The van der Waals surface area contributed by atoms with Crippen LogP contribution in [0.2, 0.25) is 0 Å². The summed E-state index contributed by atoms with van der Waals surface area (Å²) >= 11 is 0. The van der Waals surface area contributed by atoms with E-state index in [-0.39, 0.29) is 0 Å². The molecule has 0 aromatic carbocycles. The summed E-state index contributed by atoms with van der Waals surface area (Å²) in [5.74, 6) is 0.803. The largest absolute Gasteiger partial charge is 0.382 e. The van der Waals surface area contributed by atoms with Crippen molar-refractivity contribution in [1.82, 2.24) is 5.32 Å². The zero-order valence-electron chi connectivity index (χ0n) is 10.4. The van der Waals surface area contributed by atoms with E-state index in [1.54, 1.807) is 0 Å². The summed E-state index contributed by atoms with van der Waals surface area (Å²) in [6.45, 7) is 7.33. The third-order valence-corrected chi connectivity index (χ3v) is 3.50. The molecule has 0 spiro atoms. The minimum absolute atomic E-state index is 0.803. The molecule has 0 bridgehead atoms. The highest BCUT2D eigenvalue weighted by molar-refractivity contribution is 4.74. The van der Waals surface area contributed by atoms with Gasteiger partial charge in [-0.1, -0.05) is 26.2 Å². The molecule has 0 saturated heterocycles. The first-order valence-corrected chi connectivity index (χ1v) is 6.68. The van der Waals surface area contributed by atoms with Gasteiger partial charge in [0.05, 0.1) is 0 Å². The van der Waals surface area contributed by atoms with Crippen LogP contribution in [0.3, 0.4) is 0 Å². The molecule has 1 saturated carbocycles. The topological polar surface area (TPSA) is 21.3 Å². The van der Waals surface area contributed by atoms with E-state index in [4.69, 9.17) is 4.74 Å². The molecule has 0 amide bonds. The van der Waals surface area contributed by atoms with Gasteiger partial charge in [0.1, 0.15) is 0 Å². The van der Waals surface area contributed by atoms with E-state index in [1.165, 1.54) is 45.1 Å². The first kappa shape index (κ1) is 13.0. The van der Waals surface area contributed by atoms with Gasteiger partial charge in [-0.2, -0.15) is 0 Å². The van der Waals surface area contributed by atoms with E-state index in [1.807, 2.05) is 0 Å². The Bertz CT molecular complexity index is 143. The summed E-state index contributed by atoms with van der Waals surface area (Å²) in [4.78, 5) is 0. The van der Waals surface area contributed by atoms with Crippen molar-refractivity contribution in [3.63, 3.8) is 0 Å². The van der Waals surface area contributed by atoms with Crippen LogP contribution in [-0.2, 0) is 4.74 Å². The number of hydrogen-bond donors (Lipinski definition) is 1. The van der Waals surface area contributed by atoms with Crippen LogP contribution in [0.1, 0.15) is 52.4 Å². The van der Waals surface area contributed by atoms with Crippen LogP contribution in [0.4, 0.5) is 0 Å². The molecule has 1 aliphatic carbocycles. The van der Waals surface area contributed by atoms with Gasteiger partial charge in [0.15, 0.2) is 0 Å². The molecule has 1 fully saturated rings. The maximum Gasteiger partial charge on any atom is 0.0469 e. The molecule has 2 heteroatoms. The zero-order valence-corrected chi connectivity index (χ0v) is 10.4. The van der Waals surface area contributed by atoms with Crippen molar-refractivity contribution < 1.29 is 4.74 Å². The van der Waals surface area contributed by atoms with Crippen molar-refractivity contribution in [2.24, 2.45) is 5.92 Å². The number of ether oxygens (including phenoxy) is 1. The fraction of sp³-hybridized carbons (Fsp3) is 1.00. The van der Waals surface area contributed by atoms with Crippen molar-refractivity contribution in [3.05, 3.63) is 0 Å². The molecule has 0 aromatic heterocycles. The molecular formula is C13H27NO. The predicted molar refractivity (Wildman–Crippen MR) is 65.1 cm³/mol. The Morgan fingerprint density at radius 3 is 2.60 bits per heavy atom. The van der Waals surface area contributed by atoms with E-state index in [0.29, 0.717) is 0 Å². The minimum Gasteiger partial charge on any atom is -0.382 e. The molecule has 0 unspecified atom stereocenters. The molecule has 1 N–H and O–H groups in total. The smallest absolute Gasteiger partial charge is 0.0469 e. The Kier molecular flexibility index (Phi) is 7.03. The van der Waals surface area contributed by atoms with Crippen LogP contribution < -0.4 is 5.32 Å². The van der Waals surface area contributed by atoms with E-state index in [9.17, 15) is 0 Å². The Balaban J connectivity index is 2.04. The highest BCUT2D eigenvalue weighted by Crippen LogP contribution is 2.18. The summed E-state index contributed by atoms with van der Waals surface area (Å²) < 4.78 is 5.41. The predicted octanol–water partition coefficient (Wildman–Crippen LogP) is 2.97. The summed E-state index contributed by atoms with van der Waals surface area (Å²) in [5, 5.41) is 3.70. The SMILES string of the molecule is CCOCC[C@@H](CC)CNC1CCCC1. The summed E-state index contributed by atoms with van der Waals surface area (Å²) in [6.07, 6.45) is 8.11. The van der Waals surface area contributed by atoms with Crippen molar-refractivity contribution in [3.8, 4) is 0 Å². The van der Waals surface area contributed by atoms with Gasteiger partial charge in [0, 0.05) is 19.3 Å². The van der Waals surface area contributed by atoms with Crippen molar-refractivity contribution >= 4 is 0 Å². The molecule has 0 radical (unpaired) electrons. The first-order chi connectivity index (χ1) is 7.36. The average Bonchev–Trinajstić information content (AvgIpc) is 2.76. The molecule has 90 valence electrons. The van der Waals surface area contributed by atoms with Gasteiger partial charge in [-0.3, -0.25) is 0 Å². The van der Waals surface area contributed by atoms with Gasteiger partial charge in [-0.05, 0) is 38.6 Å². The molecule has 2 nitrogen and oxygen atoms in total. The van der Waals surface area contributed by atoms with Crippen molar-refractivity contribution in [1.29, 1.82) is 0 Å². The lowest BCUT2D eigenvalue weighted by Crippen LogP contribution is -2.31. The second-order valence-corrected chi connectivity index (χ2v) is 4.65. The van der Waals surface area contributed by atoms with Crippen molar-refractivity contribution in [2.75, 3.05) is 19.8 Å². The van der Waals surface area contributed by atoms with Crippen LogP contribution in [0, 0.1) is 5.92 Å². The third-order valence-electron chi connectivity index (χ3n) is 3.50. The Labute approximate surface area is 94.8 Å². The van der Waals surface area contributed by atoms with Gasteiger partial charge in [0.25, 0.3) is 0 Å². The van der Waals surface area contributed by atoms with E-state index >= 15 is 0 Å². The number of nitrogens with one attached hydrogen (secondary N) is 1. The van der Waals surface area contributed by atoms with Crippen LogP contribution in [0.5, 0.6) is 0 Å². The zero-order chi connectivity index (χ0) is 10.9. The number of rotatable bonds is 8. The normalized spacial score (nSPS) is 19.6. The minimum atomic E-state index is 0.803. The molecule has 1 rings (SSSR count). The lowest BCUT2D eigenvalue weighted by atomic mass is 10.0. The second-order valence-electron chi connectivity index (χ2n) is 4.65. The van der Waals surface area contributed by atoms with Crippen molar-refractivity contribution in [2.45, 2.75) is 58.4 Å². The fourth-order valence-corrected chi connectivity index (χ4v) is 2.31. The summed E-state index contributed by atoms with van der Waals surface area (Å²) in [6, 6.07) is 0.811. The second kappa shape index (κ2) is 8.12. The third kappa shape index (κ3) is 5.53. The Morgan fingerprint density at radius 2 is 2.00 bits per heavy atom. The van der Waals surface area contributed by atoms with Gasteiger partial charge in [-0.15, -0.1) is 0 Å². The van der Waals surface area contributed by atoms with Crippen LogP contribution >= 0.6 is 0 Å². The van der Waals surface area contributed by atoms with Crippen LogP contribution in [0.25, 0.3) is 0 Å². The average molecular weight is 213 g/mol. The van der Waals surface area contributed by atoms with Gasteiger partial charge < -0.3 is 10.1 Å². The van der Waals surface area contributed by atoms with E-state index in [2.05, 4.69) is 19.2 Å². The van der Waals surface area contributed by atoms with Gasteiger partial charge in [-0.25, -0.2) is 0 Å². The number of hydrogen-bond acceptors (Lipinski definition) is 2. The standard InChI is InChI=1S/C13H27NO/c1-3-12(9-10-15-4-2)11-14-13-7-5-6-8-13/h12-14H,3-11H2,1-2H3/t12-/m1/s1. The Hall–Kier alpha value is -0.0800. The molecule has 1 atom stereocenters. The Morgan fingerprint density at radius 1 is 1.27 bits per heavy atom. The fourth-order valence-electron chi connectivity index (χ4n) is 2.31. The molecule has 0 heterocycles. The molecular weight excluding hydrogens is 186 g/mol. The summed E-state index contributed by atoms with van der Waals surface area (Å²) in [5.41, 5.74) is 0. The van der Waals surface area contributed by atoms with Crippen LogP contribution in [-0.4, -0.2) is 25.8 Å². The molecule has 0 aliphatic heterocycles. The quantitative estimate of drug-likeness (QED) is 0.626. The lowest BCUT2D eigenvalue weighted by molar-refractivity contribution is 0.130. The van der Waals surface area contributed by atoms with E-state index < -0.39 is 0 Å². The highest BCUT2D eigenvalue weighted by Gasteiger charge is 2.15. The van der Waals surface area contributed by atoms with Gasteiger partial charge in [0.2, 0.25) is 0 Å². The monoisotopic (exact) mass is 213 g/mol. The maximum atomic E-state index is 5.41. The van der Waals surface area contributed by atoms with Gasteiger partial charge >= 0.3 is 0 Å². The molecule has 1 aliphatic rings. The molecule has 0 aromatic rings. The highest BCUT2D eigenvalue weighted by atomic mass is 16.5. The lowest BCUT2D eigenvalue weighted by Gasteiger charge is -2.19.